The van der Waals surface area contributed by atoms with E-state index in [0.717, 1.165) is 70.9 Å². The van der Waals surface area contributed by atoms with Gasteiger partial charge in [-0.05, 0) is 55.8 Å². The lowest BCUT2D eigenvalue weighted by Gasteiger charge is -2.25. The van der Waals surface area contributed by atoms with E-state index in [2.05, 4.69) is 85.5 Å². The Balaban J connectivity index is 1.29. The van der Waals surface area contributed by atoms with Crippen LogP contribution in [0.25, 0.3) is 33.2 Å². The van der Waals surface area contributed by atoms with Gasteiger partial charge in [-0.25, -0.2) is 4.98 Å². The molecule has 2 aromatic carbocycles. The van der Waals surface area contributed by atoms with E-state index in [9.17, 15) is 0 Å². The molecule has 0 spiro atoms. The predicted molar refractivity (Wildman–Crippen MR) is 150 cm³/mol. The fourth-order valence-corrected chi connectivity index (χ4v) is 5.57. The maximum atomic E-state index is 5.66. The van der Waals surface area contributed by atoms with Crippen LogP contribution in [0.3, 0.4) is 0 Å². The van der Waals surface area contributed by atoms with Crippen LogP contribution in [-0.2, 0) is 6.54 Å². The van der Waals surface area contributed by atoms with Gasteiger partial charge in [-0.15, -0.1) is 0 Å². The largest absolute Gasteiger partial charge is 0.493 e. The van der Waals surface area contributed by atoms with Gasteiger partial charge in [0.2, 0.25) is 0 Å². The molecule has 4 heterocycles. The molecule has 5 aromatic rings. The predicted octanol–water partition coefficient (Wildman–Crippen LogP) is 5.78. The van der Waals surface area contributed by atoms with Crippen LogP contribution >= 0.6 is 0 Å². The Morgan fingerprint density at radius 2 is 1.84 bits per heavy atom. The number of H-pyrrole nitrogens is 1. The zero-order chi connectivity index (χ0) is 25.2. The number of nitrogens with zero attached hydrogens (tertiary/aromatic N) is 3. The van der Waals surface area contributed by atoms with Crippen molar-refractivity contribution in [2.75, 3.05) is 39.2 Å². The number of nitrogens with one attached hydrogen (secondary N) is 2. The molecule has 37 heavy (non-hydrogen) atoms. The Morgan fingerprint density at radius 3 is 2.65 bits per heavy atom. The van der Waals surface area contributed by atoms with Gasteiger partial charge in [0.15, 0.2) is 11.5 Å². The third-order valence-electron chi connectivity index (χ3n) is 7.51. The summed E-state index contributed by atoms with van der Waals surface area (Å²) in [6.45, 7) is 3.99. The quantitative estimate of drug-likeness (QED) is 0.271. The molecular weight excluding hydrogens is 462 g/mol. The molecule has 3 aromatic heterocycles. The first-order valence-electron chi connectivity index (χ1n) is 13.0. The van der Waals surface area contributed by atoms with Gasteiger partial charge in [-0.3, -0.25) is 4.90 Å². The van der Waals surface area contributed by atoms with E-state index in [4.69, 9.17) is 9.47 Å². The minimum Gasteiger partial charge on any atom is -0.493 e. The molecule has 1 atom stereocenters. The highest BCUT2D eigenvalue weighted by Gasteiger charge is 2.24. The molecule has 1 unspecified atom stereocenters. The van der Waals surface area contributed by atoms with Crippen LogP contribution in [0.2, 0.25) is 0 Å². The highest BCUT2D eigenvalue weighted by Crippen LogP contribution is 2.39. The number of likely N-dealkylation sites (tertiary alicyclic amines) is 1. The van der Waals surface area contributed by atoms with E-state index in [1.54, 1.807) is 14.2 Å². The third-order valence-corrected chi connectivity index (χ3v) is 7.51. The summed E-state index contributed by atoms with van der Waals surface area (Å²) in [4.78, 5) is 10.6. The average Bonchev–Trinajstić information content (AvgIpc) is 3.66. The topological polar surface area (TPSA) is 67.3 Å². The lowest BCUT2D eigenvalue weighted by atomic mass is 10.1. The van der Waals surface area contributed by atoms with Gasteiger partial charge in [-0.1, -0.05) is 18.2 Å². The second-order valence-electron chi connectivity index (χ2n) is 9.66. The minimum atomic E-state index is 0.538. The summed E-state index contributed by atoms with van der Waals surface area (Å²) in [6, 6.07) is 21.4. The summed E-state index contributed by atoms with van der Waals surface area (Å²) in [7, 11) is 3.38. The van der Waals surface area contributed by atoms with Gasteiger partial charge < -0.3 is 24.3 Å². The number of benzene rings is 2. The molecule has 1 aliphatic rings. The molecule has 0 aliphatic carbocycles. The second-order valence-corrected chi connectivity index (χ2v) is 9.66. The van der Waals surface area contributed by atoms with E-state index < -0.39 is 0 Å². The molecule has 0 amide bonds. The molecule has 7 heteroatoms. The lowest BCUT2D eigenvalue weighted by Crippen LogP contribution is -2.37. The summed E-state index contributed by atoms with van der Waals surface area (Å²) in [5.41, 5.74) is 5.40. The number of para-hydroxylation sites is 1. The molecular formula is C30H33N5O2. The summed E-state index contributed by atoms with van der Waals surface area (Å²) >= 11 is 0. The smallest absolute Gasteiger partial charge is 0.162 e. The summed E-state index contributed by atoms with van der Waals surface area (Å²) in [6.07, 6.45) is 6.54. The van der Waals surface area contributed by atoms with E-state index in [-0.39, 0.29) is 0 Å². The maximum absolute atomic E-state index is 5.66. The van der Waals surface area contributed by atoms with Gasteiger partial charge >= 0.3 is 0 Å². The van der Waals surface area contributed by atoms with Crippen LogP contribution in [0.5, 0.6) is 11.5 Å². The maximum Gasteiger partial charge on any atom is 0.162 e. The first kappa shape index (κ1) is 23.4. The second kappa shape index (κ2) is 10.2. The van der Waals surface area contributed by atoms with Gasteiger partial charge in [0.05, 0.1) is 19.7 Å². The van der Waals surface area contributed by atoms with Crippen molar-refractivity contribution < 1.29 is 9.47 Å². The molecule has 0 bridgehead atoms. The summed E-state index contributed by atoms with van der Waals surface area (Å²) in [5, 5.41) is 5.86. The van der Waals surface area contributed by atoms with Crippen molar-refractivity contribution in [1.29, 1.82) is 0 Å². The lowest BCUT2D eigenvalue weighted by molar-refractivity contribution is 0.253. The number of aromatic nitrogens is 3. The first-order valence-corrected chi connectivity index (χ1v) is 13.0. The van der Waals surface area contributed by atoms with Crippen molar-refractivity contribution in [3.8, 4) is 22.8 Å². The summed E-state index contributed by atoms with van der Waals surface area (Å²) in [5.74, 6) is 1.47. The molecule has 2 N–H and O–H groups in total. The Labute approximate surface area is 217 Å². The Bertz CT molecular complexity index is 1470. The monoisotopic (exact) mass is 495 g/mol. The number of fused-ring (bicyclic) bond motifs is 2. The van der Waals surface area contributed by atoms with Gasteiger partial charge in [0, 0.05) is 71.9 Å². The Morgan fingerprint density at radius 1 is 1.00 bits per heavy atom. The Kier molecular flexibility index (Phi) is 6.45. The van der Waals surface area contributed by atoms with Crippen molar-refractivity contribution in [1.82, 2.24) is 19.4 Å². The zero-order valence-corrected chi connectivity index (χ0v) is 21.4. The number of pyridine rings is 1. The van der Waals surface area contributed by atoms with E-state index in [0.29, 0.717) is 6.04 Å². The molecule has 6 rings (SSSR count). The number of rotatable bonds is 9. The zero-order valence-electron chi connectivity index (χ0n) is 21.4. The standard InChI is InChI=1S/C30H33N5O2/c1-36-28-17-24-25(26-16-21-8-6-12-31-30(21)33-26)20-35(27(24)18-29(28)37-2)15-14-34-13-7-11-23(34)19-32-22-9-4-3-5-10-22/h3-6,8-10,12,16-18,20,23,32H,7,11,13-15,19H2,1-2H3,(H,31,33). The van der Waals surface area contributed by atoms with Gasteiger partial charge in [0.25, 0.3) is 0 Å². The molecule has 190 valence electrons. The fourth-order valence-electron chi connectivity index (χ4n) is 5.57. The number of hydrogen-bond acceptors (Lipinski definition) is 5. The number of anilines is 1. The molecule has 0 saturated carbocycles. The molecule has 1 aliphatic heterocycles. The van der Waals surface area contributed by atoms with E-state index >= 15 is 0 Å². The van der Waals surface area contributed by atoms with Crippen molar-refractivity contribution >= 4 is 27.6 Å². The SMILES string of the molecule is COc1cc2c(-c3cc4cccnc4[nH]3)cn(CCN3CCCC3CNc3ccccc3)c2cc1OC. The van der Waals surface area contributed by atoms with Crippen LogP contribution in [0.1, 0.15) is 12.8 Å². The van der Waals surface area contributed by atoms with Gasteiger partial charge in [0.1, 0.15) is 5.65 Å². The molecule has 7 nitrogen and oxygen atoms in total. The number of hydrogen-bond donors (Lipinski definition) is 2. The van der Waals surface area contributed by atoms with Crippen molar-refractivity contribution in [2.45, 2.75) is 25.4 Å². The number of methoxy groups -OCH3 is 2. The summed E-state index contributed by atoms with van der Waals surface area (Å²) < 4.78 is 13.7. The normalized spacial score (nSPS) is 16.0. The van der Waals surface area contributed by atoms with Crippen LogP contribution in [0, 0.1) is 0 Å². The van der Waals surface area contributed by atoms with Crippen molar-refractivity contribution in [2.24, 2.45) is 0 Å². The Hall–Kier alpha value is -3.97. The van der Waals surface area contributed by atoms with Crippen LogP contribution < -0.4 is 14.8 Å². The first-order chi connectivity index (χ1) is 18.2. The van der Waals surface area contributed by atoms with E-state index in [1.807, 2.05) is 12.3 Å². The van der Waals surface area contributed by atoms with Crippen LogP contribution in [0.4, 0.5) is 5.69 Å². The van der Waals surface area contributed by atoms with Crippen molar-refractivity contribution in [3.63, 3.8) is 0 Å². The average molecular weight is 496 g/mol. The number of aromatic amines is 1. The highest BCUT2D eigenvalue weighted by molar-refractivity contribution is 5.99. The third kappa shape index (κ3) is 4.62. The van der Waals surface area contributed by atoms with E-state index in [1.165, 1.54) is 18.5 Å². The minimum absolute atomic E-state index is 0.538. The molecule has 1 fully saturated rings. The van der Waals surface area contributed by atoms with Crippen LogP contribution in [0.15, 0.2) is 73.1 Å². The number of ether oxygens (including phenoxy) is 2. The van der Waals surface area contributed by atoms with Crippen molar-refractivity contribution in [3.05, 3.63) is 73.1 Å². The van der Waals surface area contributed by atoms with Crippen LogP contribution in [-0.4, -0.2) is 59.3 Å². The highest BCUT2D eigenvalue weighted by atomic mass is 16.5. The molecule has 0 radical (unpaired) electrons. The van der Waals surface area contributed by atoms with Gasteiger partial charge in [-0.2, -0.15) is 0 Å². The molecule has 1 saturated heterocycles. The fraction of sp³-hybridized carbons (Fsp3) is 0.300.